The van der Waals surface area contributed by atoms with Crippen LogP contribution in [0, 0.1) is 6.92 Å². The first-order chi connectivity index (χ1) is 9.19. The number of aryl methyl sites for hydroxylation is 2. The molecule has 2 aromatic rings. The number of rotatable bonds is 6. The van der Waals surface area contributed by atoms with Crippen LogP contribution in [-0.4, -0.2) is 15.5 Å². The molecule has 1 heterocycles. The molecular formula is C15H21N3S. The maximum absolute atomic E-state index is 6.21. The van der Waals surface area contributed by atoms with Crippen molar-refractivity contribution in [1.82, 2.24) is 9.78 Å². The Bertz CT molecular complexity index is 504. The monoisotopic (exact) mass is 275 g/mol. The first-order valence-corrected chi connectivity index (χ1v) is 7.65. The minimum atomic E-state index is 0.0388. The number of nitrogens with two attached hydrogens (primary N) is 1. The van der Waals surface area contributed by atoms with E-state index in [0.717, 1.165) is 24.3 Å². The van der Waals surface area contributed by atoms with Gasteiger partial charge in [-0.05, 0) is 25.5 Å². The van der Waals surface area contributed by atoms with Crippen molar-refractivity contribution in [3.8, 4) is 0 Å². The van der Waals surface area contributed by atoms with Crippen LogP contribution in [0.15, 0.2) is 41.6 Å². The summed E-state index contributed by atoms with van der Waals surface area (Å²) in [7, 11) is 0. The Balaban J connectivity index is 1.89. The fraction of sp³-hybridized carbons (Fsp3) is 0.400. The van der Waals surface area contributed by atoms with Gasteiger partial charge in [0.05, 0.1) is 6.20 Å². The largest absolute Gasteiger partial charge is 0.323 e. The standard InChI is InChI=1S/C15H21N3S/c1-3-8-18-10-13(9-17-18)15(16)11-19-14-6-4-12(2)5-7-14/h4-7,9-10,15H,3,8,11,16H2,1-2H3. The highest BCUT2D eigenvalue weighted by Gasteiger charge is 2.09. The van der Waals surface area contributed by atoms with Gasteiger partial charge < -0.3 is 5.73 Å². The van der Waals surface area contributed by atoms with E-state index in [1.165, 1.54) is 10.5 Å². The van der Waals surface area contributed by atoms with E-state index in [-0.39, 0.29) is 6.04 Å². The van der Waals surface area contributed by atoms with Crippen LogP contribution >= 0.6 is 11.8 Å². The van der Waals surface area contributed by atoms with Crippen LogP contribution < -0.4 is 5.73 Å². The van der Waals surface area contributed by atoms with Crippen molar-refractivity contribution < 1.29 is 0 Å². The number of aromatic nitrogens is 2. The molecule has 0 saturated heterocycles. The average molecular weight is 275 g/mol. The first-order valence-electron chi connectivity index (χ1n) is 6.66. The smallest absolute Gasteiger partial charge is 0.0537 e. The molecule has 2 rings (SSSR count). The van der Waals surface area contributed by atoms with Gasteiger partial charge in [-0.25, -0.2) is 0 Å². The topological polar surface area (TPSA) is 43.8 Å². The molecule has 2 N–H and O–H groups in total. The van der Waals surface area contributed by atoms with E-state index in [1.54, 1.807) is 11.8 Å². The second kappa shape index (κ2) is 6.78. The molecule has 0 saturated carbocycles. The van der Waals surface area contributed by atoms with Crippen LogP contribution in [0.25, 0.3) is 0 Å². The molecule has 0 spiro atoms. The van der Waals surface area contributed by atoms with Gasteiger partial charge in [-0.2, -0.15) is 5.10 Å². The third-order valence-corrected chi connectivity index (χ3v) is 4.12. The van der Waals surface area contributed by atoms with E-state index in [0.29, 0.717) is 0 Å². The molecule has 4 heteroatoms. The summed E-state index contributed by atoms with van der Waals surface area (Å²) >= 11 is 1.79. The summed E-state index contributed by atoms with van der Waals surface area (Å²) in [5.41, 5.74) is 8.61. The lowest BCUT2D eigenvalue weighted by Gasteiger charge is -2.09. The summed E-state index contributed by atoms with van der Waals surface area (Å²) in [6, 6.07) is 8.60. The van der Waals surface area contributed by atoms with Crippen LogP contribution in [0.5, 0.6) is 0 Å². The highest BCUT2D eigenvalue weighted by molar-refractivity contribution is 7.99. The maximum atomic E-state index is 6.21. The van der Waals surface area contributed by atoms with Crippen LogP contribution in [0.4, 0.5) is 0 Å². The number of benzene rings is 1. The maximum Gasteiger partial charge on any atom is 0.0537 e. The molecule has 0 aliphatic heterocycles. The SMILES string of the molecule is CCCn1cc(C(N)CSc2ccc(C)cc2)cn1. The Morgan fingerprint density at radius 3 is 2.74 bits per heavy atom. The molecular weight excluding hydrogens is 254 g/mol. The first kappa shape index (κ1) is 14.2. The lowest BCUT2D eigenvalue weighted by Crippen LogP contribution is -2.12. The zero-order valence-corrected chi connectivity index (χ0v) is 12.4. The predicted octanol–water partition coefficient (Wildman–Crippen LogP) is 3.39. The van der Waals surface area contributed by atoms with Crippen molar-refractivity contribution in [3.63, 3.8) is 0 Å². The highest BCUT2D eigenvalue weighted by Crippen LogP contribution is 2.23. The molecule has 0 fully saturated rings. The third-order valence-electron chi connectivity index (χ3n) is 2.98. The molecule has 0 radical (unpaired) electrons. The van der Waals surface area contributed by atoms with Crippen LogP contribution in [-0.2, 0) is 6.54 Å². The zero-order chi connectivity index (χ0) is 13.7. The Labute approximate surface area is 119 Å². The minimum Gasteiger partial charge on any atom is -0.323 e. The number of hydrogen-bond acceptors (Lipinski definition) is 3. The number of thioether (sulfide) groups is 1. The van der Waals surface area contributed by atoms with Gasteiger partial charge in [0.1, 0.15) is 0 Å². The van der Waals surface area contributed by atoms with Crippen molar-refractivity contribution in [2.45, 2.75) is 37.8 Å². The Hall–Kier alpha value is -1.26. The van der Waals surface area contributed by atoms with Crippen LogP contribution in [0.3, 0.4) is 0 Å². The summed E-state index contributed by atoms with van der Waals surface area (Å²) in [6.07, 6.45) is 5.04. The van der Waals surface area contributed by atoms with Gasteiger partial charge in [0.15, 0.2) is 0 Å². The summed E-state index contributed by atoms with van der Waals surface area (Å²) in [5, 5.41) is 4.32. The van der Waals surface area contributed by atoms with Gasteiger partial charge in [-0.15, -0.1) is 11.8 Å². The fourth-order valence-corrected chi connectivity index (χ4v) is 2.73. The van der Waals surface area contributed by atoms with E-state index in [2.05, 4.69) is 49.4 Å². The molecule has 1 aromatic carbocycles. The molecule has 0 aliphatic rings. The van der Waals surface area contributed by atoms with Crippen LogP contribution in [0.1, 0.15) is 30.5 Å². The van der Waals surface area contributed by atoms with Crippen molar-refractivity contribution in [3.05, 3.63) is 47.8 Å². The predicted molar refractivity (Wildman–Crippen MR) is 81.3 cm³/mol. The highest BCUT2D eigenvalue weighted by atomic mass is 32.2. The van der Waals surface area contributed by atoms with Crippen molar-refractivity contribution >= 4 is 11.8 Å². The molecule has 19 heavy (non-hydrogen) atoms. The normalized spacial score (nSPS) is 12.6. The Morgan fingerprint density at radius 1 is 1.32 bits per heavy atom. The Kier molecular flexibility index (Phi) is 5.05. The average Bonchev–Trinajstić information content (AvgIpc) is 2.87. The molecule has 3 nitrogen and oxygen atoms in total. The summed E-state index contributed by atoms with van der Waals surface area (Å²) in [6.45, 7) is 5.20. The molecule has 1 unspecified atom stereocenters. The molecule has 1 aromatic heterocycles. The fourth-order valence-electron chi connectivity index (χ4n) is 1.84. The van der Waals surface area contributed by atoms with E-state index in [4.69, 9.17) is 5.73 Å². The van der Waals surface area contributed by atoms with E-state index in [9.17, 15) is 0 Å². The molecule has 102 valence electrons. The summed E-state index contributed by atoms with van der Waals surface area (Å²) in [4.78, 5) is 1.27. The summed E-state index contributed by atoms with van der Waals surface area (Å²) in [5.74, 6) is 0.876. The second-order valence-electron chi connectivity index (χ2n) is 4.77. The zero-order valence-electron chi connectivity index (χ0n) is 11.5. The molecule has 0 bridgehead atoms. The molecule has 1 atom stereocenters. The van der Waals surface area contributed by atoms with Gasteiger partial charge in [0.2, 0.25) is 0 Å². The number of hydrogen-bond donors (Lipinski definition) is 1. The Morgan fingerprint density at radius 2 is 2.05 bits per heavy atom. The van der Waals surface area contributed by atoms with Gasteiger partial charge in [-0.1, -0.05) is 24.6 Å². The number of nitrogens with zero attached hydrogens (tertiary/aromatic N) is 2. The lowest BCUT2D eigenvalue weighted by atomic mass is 10.2. The van der Waals surface area contributed by atoms with Gasteiger partial charge >= 0.3 is 0 Å². The summed E-state index contributed by atoms with van der Waals surface area (Å²) < 4.78 is 1.96. The second-order valence-corrected chi connectivity index (χ2v) is 5.86. The van der Waals surface area contributed by atoms with Crippen LogP contribution in [0.2, 0.25) is 0 Å². The molecule has 0 aliphatic carbocycles. The van der Waals surface area contributed by atoms with Crippen molar-refractivity contribution in [1.29, 1.82) is 0 Å². The van der Waals surface area contributed by atoms with E-state index < -0.39 is 0 Å². The van der Waals surface area contributed by atoms with Gasteiger partial charge in [0.25, 0.3) is 0 Å². The van der Waals surface area contributed by atoms with Crippen molar-refractivity contribution in [2.24, 2.45) is 5.73 Å². The lowest BCUT2D eigenvalue weighted by molar-refractivity contribution is 0.601. The van der Waals surface area contributed by atoms with Gasteiger partial charge in [0, 0.05) is 35.0 Å². The van der Waals surface area contributed by atoms with Gasteiger partial charge in [-0.3, -0.25) is 4.68 Å². The molecule has 0 amide bonds. The van der Waals surface area contributed by atoms with Crippen molar-refractivity contribution in [2.75, 3.05) is 5.75 Å². The minimum absolute atomic E-state index is 0.0388. The third kappa shape index (κ3) is 4.11. The van der Waals surface area contributed by atoms with E-state index >= 15 is 0 Å². The van der Waals surface area contributed by atoms with E-state index in [1.807, 2.05) is 10.9 Å². The quantitative estimate of drug-likeness (QED) is 0.822.